The van der Waals surface area contributed by atoms with Crippen LogP contribution in [0.25, 0.3) is 0 Å². The molecule has 2 rings (SSSR count). The van der Waals surface area contributed by atoms with Gasteiger partial charge in [0.2, 0.25) is 0 Å². The normalized spacial score (nSPS) is 17.4. The van der Waals surface area contributed by atoms with E-state index in [1.807, 2.05) is 26.4 Å². The van der Waals surface area contributed by atoms with Crippen molar-refractivity contribution < 1.29 is 4.74 Å². The van der Waals surface area contributed by atoms with Crippen LogP contribution < -0.4 is 5.32 Å². The van der Waals surface area contributed by atoms with Gasteiger partial charge in [-0.15, -0.1) is 0 Å². The van der Waals surface area contributed by atoms with Crippen LogP contribution in [-0.2, 0) is 11.3 Å². The number of hydrogen-bond donors (Lipinski definition) is 1. The van der Waals surface area contributed by atoms with E-state index < -0.39 is 0 Å². The zero-order valence-electron chi connectivity index (χ0n) is 9.94. The summed E-state index contributed by atoms with van der Waals surface area (Å²) in [5.74, 6) is 1.47. The Labute approximate surface area is 96.4 Å². The van der Waals surface area contributed by atoms with Gasteiger partial charge in [0, 0.05) is 31.1 Å². The number of nitrogens with zero attached hydrogens (tertiary/aromatic N) is 2. The van der Waals surface area contributed by atoms with E-state index in [1.54, 1.807) is 0 Å². The van der Waals surface area contributed by atoms with Gasteiger partial charge in [0.15, 0.2) is 5.82 Å². The molecule has 1 aliphatic carbocycles. The molecule has 0 radical (unpaired) electrons. The first-order chi connectivity index (χ1) is 7.85. The molecule has 0 aliphatic heterocycles. The van der Waals surface area contributed by atoms with Crippen LogP contribution >= 0.6 is 0 Å². The fraction of sp³-hybridized carbons (Fsp3) is 0.667. The maximum atomic E-state index is 5.71. The first kappa shape index (κ1) is 11.5. The van der Waals surface area contributed by atoms with Gasteiger partial charge in [-0.1, -0.05) is 0 Å². The summed E-state index contributed by atoms with van der Waals surface area (Å²) >= 11 is 0. The molecule has 0 amide bonds. The predicted molar refractivity (Wildman–Crippen MR) is 61.9 cm³/mol. The van der Waals surface area contributed by atoms with Crippen molar-refractivity contribution in [2.45, 2.75) is 32.4 Å². The lowest BCUT2D eigenvalue weighted by atomic mass is 10.2. The van der Waals surface area contributed by atoms with E-state index in [2.05, 4.69) is 15.3 Å². The van der Waals surface area contributed by atoms with Gasteiger partial charge in [-0.2, -0.15) is 0 Å². The maximum Gasteiger partial charge on any atom is 0.157 e. The highest BCUT2D eigenvalue weighted by molar-refractivity contribution is 5.07. The molecule has 4 heteroatoms. The van der Waals surface area contributed by atoms with Gasteiger partial charge < -0.3 is 10.1 Å². The van der Waals surface area contributed by atoms with Crippen molar-refractivity contribution in [2.75, 3.05) is 13.7 Å². The van der Waals surface area contributed by atoms with Crippen molar-refractivity contribution in [3.63, 3.8) is 0 Å². The van der Waals surface area contributed by atoms with E-state index in [-0.39, 0.29) is 6.10 Å². The van der Waals surface area contributed by atoms with Crippen molar-refractivity contribution in [2.24, 2.45) is 5.92 Å². The standard InChI is InChI=1S/C12H19N3O/c1-3-16-11(10-4-5-10)12-14-7-9(6-13-2)8-15-12/h7-8,10-11,13H,3-6H2,1-2H3. The molecule has 88 valence electrons. The molecule has 0 aromatic carbocycles. The Bertz CT molecular complexity index is 322. The molecule has 0 saturated heterocycles. The monoisotopic (exact) mass is 221 g/mol. The Hall–Kier alpha value is -1.00. The van der Waals surface area contributed by atoms with Crippen LogP contribution in [0.3, 0.4) is 0 Å². The SMILES string of the molecule is CCOC(c1ncc(CNC)cn1)C1CC1. The number of rotatable bonds is 6. The fourth-order valence-corrected chi connectivity index (χ4v) is 1.81. The predicted octanol–water partition coefficient (Wildman–Crippen LogP) is 1.68. The van der Waals surface area contributed by atoms with Gasteiger partial charge in [0.05, 0.1) is 0 Å². The van der Waals surface area contributed by atoms with Crippen LogP contribution in [0.4, 0.5) is 0 Å². The molecule has 1 unspecified atom stereocenters. The molecule has 4 nitrogen and oxygen atoms in total. The Morgan fingerprint density at radius 2 is 2.12 bits per heavy atom. The highest BCUT2D eigenvalue weighted by Gasteiger charge is 2.34. The summed E-state index contributed by atoms with van der Waals surface area (Å²) in [6.07, 6.45) is 6.35. The molecule has 1 aromatic rings. The fourth-order valence-electron chi connectivity index (χ4n) is 1.81. The van der Waals surface area contributed by atoms with Gasteiger partial charge in [-0.25, -0.2) is 9.97 Å². The van der Waals surface area contributed by atoms with E-state index in [9.17, 15) is 0 Å². The van der Waals surface area contributed by atoms with Crippen LogP contribution in [0.2, 0.25) is 0 Å². The summed E-state index contributed by atoms with van der Waals surface area (Å²) in [5.41, 5.74) is 1.11. The van der Waals surface area contributed by atoms with Crippen molar-refractivity contribution >= 4 is 0 Å². The van der Waals surface area contributed by atoms with Crippen LogP contribution in [-0.4, -0.2) is 23.6 Å². The highest BCUT2D eigenvalue weighted by atomic mass is 16.5. The quantitative estimate of drug-likeness (QED) is 0.794. The first-order valence-corrected chi connectivity index (χ1v) is 5.92. The Kier molecular flexibility index (Phi) is 3.85. The minimum atomic E-state index is 0.105. The molecule has 1 atom stereocenters. The second-order valence-electron chi connectivity index (χ2n) is 4.19. The van der Waals surface area contributed by atoms with Crippen LogP contribution in [0.5, 0.6) is 0 Å². The van der Waals surface area contributed by atoms with Crippen LogP contribution in [0.15, 0.2) is 12.4 Å². The third-order valence-corrected chi connectivity index (χ3v) is 2.76. The topological polar surface area (TPSA) is 47.0 Å². The van der Waals surface area contributed by atoms with E-state index in [4.69, 9.17) is 4.74 Å². The average Bonchev–Trinajstić information content (AvgIpc) is 3.12. The summed E-state index contributed by atoms with van der Waals surface area (Å²) in [6.45, 7) is 3.55. The molecule has 0 bridgehead atoms. The molecular weight excluding hydrogens is 202 g/mol. The molecule has 16 heavy (non-hydrogen) atoms. The van der Waals surface area contributed by atoms with E-state index in [0.717, 1.165) is 24.5 Å². The van der Waals surface area contributed by atoms with Crippen LogP contribution in [0.1, 0.15) is 37.3 Å². The molecule has 1 heterocycles. The molecule has 1 saturated carbocycles. The zero-order valence-corrected chi connectivity index (χ0v) is 9.94. The summed E-state index contributed by atoms with van der Waals surface area (Å²) in [6, 6.07) is 0. The lowest BCUT2D eigenvalue weighted by Gasteiger charge is -2.14. The largest absolute Gasteiger partial charge is 0.370 e. The zero-order chi connectivity index (χ0) is 11.4. The van der Waals surface area contributed by atoms with Crippen molar-refractivity contribution in [1.29, 1.82) is 0 Å². The van der Waals surface area contributed by atoms with Gasteiger partial charge in [0.1, 0.15) is 6.10 Å². The summed E-state index contributed by atoms with van der Waals surface area (Å²) in [5, 5.41) is 3.08. The van der Waals surface area contributed by atoms with Crippen molar-refractivity contribution in [3.05, 3.63) is 23.8 Å². The second-order valence-corrected chi connectivity index (χ2v) is 4.19. The number of hydrogen-bond acceptors (Lipinski definition) is 4. The average molecular weight is 221 g/mol. The van der Waals surface area contributed by atoms with Gasteiger partial charge in [0.25, 0.3) is 0 Å². The van der Waals surface area contributed by atoms with E-state index in [1.165, 1.54) is 12.8 Å². The summed E-state index contributed by atoms with van der Waals surface area (Å²) < 4.78 is 5.71. The number of ether oxygens (including phenoxy) is 1. The molecule has 1 aromatic heterocycles. The number of nitrogens with one attached hydrogen (secondary N) is 1. The summed E-state index contributed by atoms with van der Waals surface area (Å²) in [7, 11) is 1.92. The minimum absolute atomic E-state index is 0.105. The minimum Gasteiger partial charge on any atom is -0.370 e. The molecule has 1 fully saturated rings. The maximum absolute atomic E-state index is 5.71. The van der Waals surface area contributed by atoms with Gasteiger partial charge >= 0.3 is 0 Å². The molecule has 1 aliphatic rings. The molecule has 0 spiro atoms. The third-order valence-electron chi connectivity index (χ3n) is 2.76. The second kappa shape index (κ2) is 5.37. The Morgan fingerprint density at radius 1 is 1.44 bits per heavy atom. The highest BCUT2D eigenvalue weighted by Crippen LogP contribution is 2.41. The smallest absolute Gasteiger partial charge is 0.157 e. The van der Waals surface area contributed by atoms with Crippen molar-refractivity contribution in [3.8, 4) is 0 Å². The van der Waals surface area contributed by atoms with Gasteiger partial charge in [-0.05, 0) is 32.7 Å². The van der Waals surface area contributed by atoms with Gasteiger partial charge in [-0.3, -0.25) is 0 Å². The Morgan fingerprint density at radius 3 is 2.62 bits per heavy atom. The first-order valence-electron chi connectivity index (χ1n) is 5.92. The molecular formula is C12H19N3O. The van der Waals surface area contributed by atoms with E-state index in [0.29, 0.717) is 5.92 Å². The lowest BCUT2D eigenvalue weighted by Crippen LogP contribution is -2.12. The van der Waals surface area contributed by atoms with E-state index >= 15 is 0 Å². The third kappa shape index (κ3) is 2.77. The molecule has 1 N–H and O–H groups in total. The van der Waals surface area contributed by atoms with Crippen LogP contribution in [0, 0.1) is 5.92 Å². The Balaban J connectivity index is 2.05. The van der Waals surface area contributed by atoms with Crippen molar-refractivity contribution in [1.82, 2.24) is 15.3 Å². The number of aromatic nitrogens is 2. The summed E-state index contributed by atoms with van der Waals surface area (Å²) in [4.78, 5) is 8.80. The lowest BCUT2D eigenvalue weighted by molar-refractivity contribution is 0.0400.